The van der Waals surface area contributed by atoms with E-state index in [1.807, 2.05) is 18.2 Å². The molecule has 0 amide bonds. The van der Waals surface area contributed by atoms with E-state index in [9.17, 15) is 24.3 Å². The summed E-state index contributed by atoms with van der Waals surface area (Å²) in [5, 5.41) is 43.8. The van der Waals surface area contributed by atoms with Crippen molar-refractivity contribution in [3.63, 3.8) is 0 Å². The normalized spacial score (nSPS) is 16.6. The fraction of sp³-hybridized carbons (Fsp3) is 0.529. The summed E-state index contributed by atoms with van der Waals surface area (Å²) in [6.45, 7) is 4.01. The molecule has 0 radical (unpaired) electrons. The van der Waals surface area contributed by atoms with Crippen LogP contribution in [0, 0.1) is 5.92 Å². The third-order valence-electron chi connectivity index (χ3n) is 8.28. The first kappa shape index (κ1) is 37.4. The first-order valence-electron chi connectivity index (χ1n) is 15.9. The van der Waals surface area contributed by atoms with Gasteiger partial charge in [0.2, 0.25) is 0 Å². The minimum Gasteiger partial charge on any atom is -0.497 e. The smallest absolute Gasteiger partial charge is 0.335 e. The summed E-state index contributed by atoms with van der Waals surface area (Å²) in [5.74, 6) is -1.29. The highest BCUT2D eigenvalue weighted by molar-refractivity contribution is 5.96. The van der Waals surface area contributed by atoms with Crippen molar-refractivity contribution in [3.05, 3.63) is 53.6 Å². The number of unbranched alkanes of at least 4 members (excludes halogenated alkanes) is 2. The van der Waals surface area contributed by atoms with Crippen LogP contribution < -0.4 is 19.1 Å². The minimum absolute atomic E-state index is 0.116. The SMILES string of the molecule is COc1ccc(C(=O)CCCCCC(=O)C[C@H](C[NH+]2CCCC2)[C@H](O)c2ccc3c(c2)OCCO3)cc1.O=C(O)[C@@H](O)[C@H](O)C(=O)O. The van der Waals surface area contributed by atoms with Crippen molar-refractivity contribution in [3.8, 4) is 17.2 Å². The van der Waals surface area contributed by atoms with Gasteiger partial charge >= 0.3 is 11.9 Å². The summed E-state index contributed by atoms with van der Waals surface area (Å²) >= 11 is 0. The Bertz CT molecular complexity index is 1310. The summed E-state index contributed by atoms with van der Waals surface area (Å²) < 4.78 is 16.5. The predicted molar refractivity (Wildman–Crippen MR) is 168 cm³/mol. The lowest BCUT2D eigenvalue weighted by atomic mass is 9.89. The van der Waals surface area contributed by atoms with E-state index >= 15 is 0 Å². The molecule has 2 aliphatic rings. The van der Waals surface area contributed by atoms with Crippen LogP contribution in [0.15, 0.2) is 42.5 Å². The number of ether oxygens (including phenoxy) is 3. The number of quaternary nitrogens is 1. The third-order valence-corrected chi connectivity index (χ3v) is 8.28. The highest BCUT2D eigenvalue weighted by atomic mass is 16.6. The van der Waals surface area contributed by atoms with E-state index in [0.29, 0.717) is 49.5 Å². The van der Waals surface area contributed by atoms with Gasteiger partial charge < -0.3 is 44.6 Å². The molecule has 1 fully saturated rings. The van der Waals surface area contributed by atoms with Crippen LogP contribution in [0.2, 0.25) is 0 Å². The number of aliphatic carboxylic acids is 2. The average Bonchev–Trinajstić information content (AvgIpc) is 3.60. The van der Waals surface area contributed by atoms with E-state index in [4.69, 9.17) is 34.6 Å². The number of likely N-dealkylation sites (tertiary alicyclic amines) is 1. The Morgan fingerprint density at radius 1 is 0.809 bits per heavy atom. The molecular weight excluding hydrogens is 614 g/mol. The highest BCUT2D eigenvalue weighted by Crippen LogP contribution is 2.35. The van der Waals surface area contributed by atoms with Gasteiger partial charge in [0, 0.05) is 43.6 Å². The van der Waals surface area contributed by atoms with E-state index < -0.39 is 30.3 Å². The van der Waals surface area contributed by atoms with Crippen LogP contribution in [-0.4, -0.2) is 101 Å². The minimum atomic E-state index is -2.27. The summed E-state index contributed by atoms with van der Waals surface area (Å²) in [7, 11) is 1.60. The number of aliphatic hydroxyl groups excluding tert-OH is 3. The van der Waals surface area contributed by atoms with Crippen molar-refractivity contribution in [2.45, 2.75) is 69.7 Å². The molecule has 2 aliphatic heterocycles. The number of carboxylic acids is 2. The van der Waals surface area contributed by atoms with Crippen molar-refractivity contribution in [1.82, 2.24) is 0 Å². The summed E-state index contributed by atoms with van der Waals surface area (Å²) in [6, 6.07) is 12.8. The summed E-state index contributed by atoms with van der Waals surface area (Å²) in [4.78, 5) is 46.3. The number of nitrogens with one attached hydrogen (secondary N) is 1. The Kier molecular flexibility index (Phi) is 15.1. The Hall–Kier alpha value is -4.04. The molecule has 4 rings (SSSR count). The van der Waals surface area contributed by atoms with Gasteiger partial charge in [0.25, 0.3) is 0 Å². The topological polar surface area (TPSA) is 202 Å². The van der Waals surface area contributed by atoms with Crippen LogP contribution in [0.25, 0.3) is 0 Å². The zero-order valence-electron chi connectivity index (χ0n) is 26.6. The Morgan fingerprint density at radius 2 is 1.40 bits per heavy atom. The second-order valence-electron chi connectivity index (χ2n) is 11.8. The van der Waals surface area contributed by atoms with Gasteiger partial charge in [-0.1, -0.05) is 12.5 Å². The lowest BCUT2D eigenvalue weighted by Crippen LogP contribution is -3.10. The van der Waals surface area contributed by atoms with Gasteiger partial charge in [-0.3, -0.25) is 9.59 Å². The van der Waals surface area contributed by atoms with Gasteiger partial charge in [-0.25, -0.2) is 9.59 Å². The number of rotatable bonds is 17. The zero-order chi connectivity index (χ0) is 34.3. The Morgan fingerprint density at radius 3 is 2.00 bits per heavy atom. The summed E-state index contributed by atoms with van der Waals surface area (Å²) in [6.07, 6.45) is 0.823. The predicted octanol–water partition coefficient (Wildman–Crippen LogP) is 1.46. The maximum absolute atomic E-state index is 12.9. The van der Waals surface area contributed by atoms with E-state index in [2.05, 4.69) is 0 Å². The number of carbonyl (C=O) groups excluding carboxylic acids is 2. The largest absolute Gasteiger partial charge is 0.497 e. The number of methoxy groups -OCH3 is 1. The van der Waals surface area contributed by atoms with Gasteiger partial charge in [-0.15, -0.1) is 0 Å². The van der Waals surface area contributed by atoms with Gasteiger partial charge in [-0.05, 0) is 54.8 Å². The van der Waals surface area contributed by atoms with E-state index in [1.54, 1.807) is 31.4 Å². The molecule has 258 valence electrons. The van der Waals surface area contributed by atoms with Crippen molar-refractivity contribution in [1.29, 1.82) is 0 Å². The van der Waals surface area contributed by atoms with Gasteiger partial charge in [0.05, 0.1) is 32.8 Å². The number of benzene rings is 2. The number of hydrogen-bond donors (Lipinski definition) is 6. The number of carboxylic acid groups (broad SMARTS) is 2. The van der Waals surface area contributed by atoms with Crippen molar-refractivity contribution in [2.24, 2.45) is 5.92 Å². The highest BCUT2D eigenvalue weighted by Gasteiger charge is 2.31. The maximum Gasteiger partial charge on any atom is 0.335 e. The molecule has 0 aliphatic carbocycles. The second kappa shape index (κ2) is 18.9. The molecule has 0 unspecified atom stereocenters. The molecule has 0 aromatic heterocycles. The Labute approximate surface area is 273 Å². The molecule has 6 N–H and O–H groups in total. The molecule has 47 heavy (non-hydrogen) atoms. The van der Waals surface area contributed by atoms with Crippen LogP contribution >= 0.6 is 0 Å². The van der Waals surface area contributed by atoms with Crippen molar-refractivity contribution in [2.75, 3.05) is 40.0 Å². The molecule has 2 aromatic rings. The first-order chi connectivity index (χ1) is 22.5. The monoisotopic (exact) mass is 660 g/mol. The third kappa shape index (κ3) is 11.9. The number of fused-ring (bicyclic) bond motifs is 1. The fourth-order valence-electron chi connectivity index (χ4n) is 5.63. The number of hydrogen-bond acceptors (Lipinski definition) is 10. The molecule has 2 heterocycles. The molecule has 13 heteroatoms. The standard InChI is InChI=1S/C30H39NO6.C4H6O6/c1-35-26-12-9-22(10-13-26)27(33)8-4-2-3-7-25(32)19-24(21-31-15-5-6-16-31)30(34)23-11-14-28-29(20-23)37-18-17-36-28;5-1(3(7)8)2(6)4(9)10/h9-14,20,24,30,34H,2-8,15-19,21H2,1H3;1-2,5-6H,(H,7,8)(H,9,10)/p+1/t24-,30-;1-,2-/m10/s1. The van der Waals surface area contributed by atoms with Gasteiger partial charge in [0.1, 0.15) is 24.7 Å². The Balaban J connectivity index is 0.000000520. The van der Waals surface area contributed by atoms with Crippen LogP contribution in [0.3, 0.4) is 0 Å². The zero-order valence-corrected chi connectivity index (χ0v) is 26.6. The molecular formula is C34H46NO12+. The van der Waals surface area contributed by atoms with Crippen LogP contribution in [0.4, 0.5) is 0 Å². The lowest BCUT2D eigenvalue weighted by Gasteiger charge is -2.26. The van der Waals surface area contributed by atoms with Crippen LogP contribution in [0.5, 0.6) is 17.2 Å². The van der Waals surface area contributed by atoms with E-state index in [1.165, 1.54) is 17.7 Å². The maximum atomic E-state index is 12.9. The molecule has 1 saturated heterocycles. The van der Waals surface area contributed by atoms with E-state index in [0.717, 1.165) is 50.2 Å². The molecule has 0 saturated carbocycles. The van der Waals surface area contributed by atoms with Gasteiger partial charge in [-0.2, -0.15) is 0 Å². The summed E-state index contributed by atoms with van der Waals surface area (Å²) in [5.41, 5.74) is 1.47. The lowest BCUT2D eigenvalue weighted by molar-refractivity contribution is -0.891. The van der Waals surface area contributed by atoms with Gasteiger partial charge in [0.15, 0.2) is 29.5 Å². The molecule has 0 bridgehead atoms. The van der Waals surface area contributed by atoms with Crippen LogP contribution in [0.1, 0.15) is 73.4 Å². The number of ketones is 2. The quantitative estimate of drug-likeness (QED) is 0.106. The average molecular weight is 661 g/mol. The molecule has 13 nitrogen and oxygen atoms in total. The fourth-order valence-corrected chi connectivity index (χ4v) is 5.63. The van der Waals surface area contributed by atoms with Crippen LogP contribution in [-0.2, 0) is 14.4 Å². The molecule has 0 spiro atoms. The number of aliphatic hydroxyl groups is 3. The molecule has 2 aromatic carbocycles. The first-order valence-corrected chi connectivity index (χ1v) is 15.9. The number of carbonyl (C=O) groups is 4. The molecule has 4 atom stereocenters. The van der Waals surface area contributed by atoms with Crippen molar-refractivity contribution < 1.29 is 63.8 Å². The second-order valence-corrected chi connectivity index (χ2v) is 11.8. The van der Waals surface area contributed by atoms with E-state index in [-0.39, 0.29) is 17.5 Å². The van der Waals surface area contributed by atoms with Crippen molar-refractivity contribution >= 4 is 23.5 Å². The number of Topliss-reactive ketones (excluding diaryl/α,β-unsaturated/α-hetero) is 2.